The highest BCUT2D eigenvalue weighted by atomic mass is 19.1. The molecule has 0 atom stereocenters. The lowest BCUT2D eigenvalue weighted by Crippen LogP contribution is -2.31. The predicted octanol–water partition coefficient (Wildman–Crippen LogP) is 2.54. The van der Waals surface area contributed by atoms with Crippen LogP contribution in [-0.2, 0) is 9.59 Å². The molecule has 0 aromatic heterocycles. The molecule has 0 saturated heterocycles. The number of amides is 2. The molecule has 1 aliphatic heterocycles. The van der Waals surface area contributed by atoms with Gasteiger partial charge in [0.05, 0.1) is 11.4 Å². The van der Waals surface area contributed by atoms with Crippen molar-refractivity contribution in [2.45, 2.75) is 0 Å². The zero-order valence-corrected chi connectivity index (χ0v) is 11.6. The van der Waals surface area contributed by atoms with Crippen molar-refractivity contribution in [3.8, 4) is 5.75 Å². The average molecular weight is 316 g/mol. The number of anilines is 2. The summed E-state index contributed by atoms with van der Waals surface area (Å²) in [4.78, 5) is 25.2. The summed E-state index contributed by atoms with van der Waals surface area (Å²) in [7, 11) is 0. The third-order valence-corrected chi connectivity index (χ3v) is 3.23. The second kappa shape index (κ2) is 5.53. The smallest absolute Gasteiger partial charge is 0.281 e. The van der Waals surface area contributed by atoms with Gasteiger partial charge in [0.1, 0.15) is 11.5 Å². The van der Waals surface area contributed by atoms with Gasteiger partial charge in [-0.3, -0.25) is 9.59 Å². The molecule has 7 heteroatoms. The van der Waals surface area contributed by atoms with Crippen LogP contribution in [-0.4, -0.2) is 16.9 Å². The molecule has 23 heavy (non-hydrogen) atoms. The number of nitrogens with zero attached hydrogens (tertiary/aromatic N) is 1. The Labute approximate surface area is 129 Å². The largest absolute Gasteiger partial charge is 0.503 e. The summed E-state index contributed by atoms with van der Waals surface area (Å²) >= 11 is 0. The summed E-state index contributed by atoms with van der Waals surface area (Å²) in [6.07, 6.45) is 0.998. The van der Waals surface area contributed by atoms with Crippen LogP contribution in [0.5, 0.6) is 5.75 Å². The number of aromatic hydroxyl groups is 1. The number of carbonyl (C=O) groups excluding carboxylic acids is 2. The molecular weight excluding hydrogens is 306 g/mol. The Morgan fingerprint density at radius 2 is 1.74 bits per heavy atom. The zero-order valence-electron chi connectivity index (χ0n) is 11.6. The first-order valence-electron chi connectivity index (χ1n) is 6.57. The van der Waals surface area contributed by atoms with Crippen LogP contribution in [0.1, 0.15) is 0 Å². The van der Waals surface area contributed by atoms with E-state index in [1.165, 1.54) is 0 Å². The molecule has 116 valence electrons. The summed E-state index contributed by atoms with van der Waals surface area (Å²) in [6, 6.07) is 9.53. The molecule has 0 aliphatic carbocycles. The number of nitrogens with one attached hydrogen (secondary N) is 1. The number of phenols is 1. The second-order valence-corrected chi connectivity index (χ2v) is 4.78. The molecule has 2 N–H and O–H groups in total. The monoisotopic (exact) mass is 316 g/mol. The molecule has 3 rings (SSSR count). The fourth-order valence-electron chi connectivity index (χ4n) is 2.19. The quantitative estimate of drug-likeness (QED) is 0.674. The Balaban J connectivity index is 1.90. The molecule has 5 nitrogen and oxygen atoms in total. The van der Waals surface area contributed by atoms with Crippen molar-refractivity contribution in [3.63, 3.8) is 0 Å². The van der Waals surface area contributed by atoms with Gasteiger partial charge in [-0.1, -0.05) is 18.2 Å². The van der Waals surface area contributed by atoms with Gasteiger partial charge in [0.25, 0.3) is 11.8 Å². The Kier molecular flexibility index (Phi) is 3.53. The molecule has 0 radical (unpaired) electrons. The van der Waals surface area contributed by atoms with Gasteiger partial charge in [-0.05, 0) is 12.1 Å². The van der Waals surface area contributed by atoms with E-state index in [2.05, 4.69) is 5.32 Å². The number of benzene rings is 2. The predicted molar refractivity (Wildman–Crippen MR) is 78.7 cm³/mol. The number of hydrogen-bond acceptors (Lipinski definition) is 4. The van der Waals surface area contributed by atoms with Crippen molar-refractivity contribution in [1.82, 2.24) is 0 Å². The van der Waals surface area contributed by atoms with E-state index >= 15 is 0 Å². The molecule has 0 saturated carbocycles. The minimum absolute atomic E-state index is 0.195. The van der Waals surface area contributed by atoms with E-state index in [1.54, 1.807) is 30.3 Å². The van der Waals surface area contributed by atoms with E-state index in [1.807, 2.05) is 0 Å². The Morgan fingerprint density at radius 3 is 2.43 bits per heavy atom. The number of carbonyl (C=O) groups is 2. The zero-order chi connectivity index (χ0) is 16.6. The Hall–Kier alpha value is -3.22. The highest BCUT2D eigenvalue weighted by molar-refractivity contribution is 6.31. The van der Waals surface area contributed by atoms with Crippen molar-refractivity contribution in [3.05, 3.63) is 65.9 Å². The van der Waals surface area contributed by atoms with E-state index in [4.69, 9.17) is 0 Å². The molecule has 2 aromatic rings. The Morgan fingerprint density at radius 1 is 1.04 bits per heavy atom. The lowest BCUT2D eigenvalue weighted by molar-refractivity contribution is -0.120. The number of imide groups is 1. The van der Waals surface area contributed by atoms with E-state index in [0.29, 0.717) is 11.8 Å². The minimum Gasteiger partial charge on any atom is -0.503 e. The summed E-state index contributed by atoms with van der Waals surface area (Å²) in [5.41, 5.74) is -0.172. The normalized spacial score (nSPS) is 14.2. The fourth-order valence-corrected chi connectivity index (χ4v) is 2.19. The third kappa shape index (κ3) is 2.64. The fraction of sp³-hybridized carbons (Fsp3) is 0. The van der Waals surface area contributed by atoms with Crippen LogP contribution in [0.15, 0.2) is 54.2 Å². The molecule has 2 amide bonds. The van der Waals surface area contributed by atoms with Gasteiger partial charge in [0.2, 0.25) is 0 Å². The summed E-state index contributed by atoms with van der Waals surface area (Å²) in [5, 5.41) is 12.0. The first-order valence-corrected chi connectivity index (χ1v) is 6.57. The number of rotatable bonds is 3. The molecule has 2 aromatic carbocycles. The van der Waals surface area contributed by atoms with E-state index < -0.39 is 29.2 Å². The van der Waals surface area contributed by atoms with Gasteiger partial charge in [-0.15, -0.1) is 0 Å². The van der Waals surface area contributed by atoms with Gasteiger partial charge >= 0.3 is 0 Å². The van der Waals surface area contributed by atoms with Crippen LogP contribution in [0, 0.1) is 11.6 Å². The Bertz CT molecular complexity index is 835. The van der Waals surface area contributed by atoms with Crippen LogP contribution in [0.3, 0.4) is 0 Å². The lowest BCUT2D eigenvalue weighted by atomic mass is 10.2. The SMILES string of the molecule is O=C1C=C(Nc2cc(F)cc(F)c2O)C(=O)N1c1ccccc1. The molecule has 0 spiro atoms. The average Bonchev–Trinajstić information content (AvgIpc) is 2.79. The van der Waals surface area contributed by atoms with Crippen LogP contribution >= 0.6 is 0 Å². The number of phenolic OH excluding ortho intramolecular Hbond substituents is 1. The number of hydrogen-bond donors (Lipinski definition) is 2. The van der Waals surface area contributed by atoms with E-state index in [9.17, 15) is 23.5 Å². The summed E-state index contributed by atoms with van der Waals surface area (Å²) in [6.45, 7) is 0. The van der Waals surface area contributed by atoms with Gasteiger partial charge in [0, 0.05) is 18.2 Å². The van der Waals surface area contributed by atoms with Crippen molar-refractivity contribution in [1.29, 1.82) is 0 Å². The first kappa shape index (κ1) is 14.7. The van der Waals surface area contributed by atoms with Crippen molar-refractivity contribution < 1.29 is 23.5 Å². The summed E-state index contributed by atoms with van der Waals surface area (Å²) < 4.78 is 26.5. The topological polar surface area (TPSA) is 69.6 Å². The van der Waals surface area contributed by atoms with Gasteiger partial charge < -0.3 is 10.4 Å². The van der Waals surface area contributed by atoms with Gasteiger partial charge in [-0.2, -0.15) is 0 Å². The van der Waals surface area contributed by atoms with Crippen molar-refractivity contribution in [2.24, 2.45) is 0 Å². The first-order chi connectivity index (χ1) is 11.0. The van der Waals surface area contributed by atoms with Crippen LogP contribution < -0.4 is 10.2 Å². The summed E-state index contributed by atoms with van der Waals surface area (Å²) in [5.74, 6) is -4.24. The maximum atomic E-state index is 13.3. The number of para-hydroxylation sites is 1. The maximum absolute atomic E-state index is 13.3. The van der Waals surface area contributed by atoms with Crippen LogP contribution in [0.2, 0.25) is 0 Å². The standard InChI is InChI=1S/C16H10F2N2O3/c17-9-6-11(18)15(22)12(7-9)19-13-8-14(21)20(16(13)23)10-4-2-1-3-5-10/h1-8,19,22H. The van der Waals surface area contributed by atoms with Gasteiger partial charge in [0.15, 0.2) is 11.6 Å². The lowest BCUT2D eigenvalue weighted by Gasteiger charge is -2.15. The molecule has 1 heterocycles. The molecule has 0 fully saturated rings. The highest BCUT2D eigenvalue weighted by Crippen LogP contribution is 2.30. The minimum atomic E-state index is -1.18. The van der Waals surface area contributed by atoms with Crippen molar-refractivity contribution >= 4 is 23.2 Å². The molecule has 1 aliphatic rings. The molecular formula is C16H10F2N2O3. The van der Waals surface area contributed by atoms with E-state index in [0.717, 1.165) is 17.0 Å². The second-order valence-electron chi connectivity index (χ2n) is 4.78. The third-order valence-electron chi connectivity index (χ3n) is 3.23. The number of halogens is 2. The van der Waals surface area contributed by atoms with Crippen LogP contribution in [0.25, 0.3) is 0 Å². The van der Waals surface area contributed by atoms with E-state index in [-0.39, 0.29) is 11.4 Å². The maximum Gasteiger partial charge on any atom is 0.281 e. The molecule has 0 bridgehead atoms. The molecule has 0 unspecified atom stereocenters. The van der Waals surface area contributed by atoms with Crippen molar-refractivity contribution in [2.75, 3.05) is 10.2 Å². The highest BCUT2D eigenvalue weighted by Gasteiger charge is 2.33. The van der Waals surface area contributed by atoms with Crippen LogP contribution in [0.4, 0.5) is 20.2 Å². The van der Waals surface area contributed by atoms with Gasteiger partial charge in [-0.25, -0.2) is 13.7 Å².